The number of fused-ring (bicyclic) bond motifs is 1. The van der Waals surface area contributed by atoms with Crippen molar-refractivity contribution >= 4 is 27.2 Å². The van der Waals surface area contributed by atoms with Crippen LogP contribution in [-0.4, -0.2) is 29.6 Å². The minimum absolute atomic E-state index is 0.189. The first-order valence-corrected chi connectivity index (χ1v) is 5.81. The smallest absolute Gasteiger partial charge is 0.285 e. The second-order valence-electron chi connectivity index (χ2n) is 2.85. The van der Waals surface area contributed by atoms with Crippen molar-refractivity contribution in [2.75, 3.05) is 11.7 Å². The van der Waals surface area contributed by atoms with E-state index in [1.807, 2.05) is 0 Å². The lowest BCUT2D eigenvalue weighted by molar-refractivity contribution is 0.392. The Bertz CT molecular complexity index is 544. The van der Waals surface area contributed by atoms with Gasteiger partial charge in [-0.05, 0) is 12.1 Å². The van der Waals surface area contributed by atoms with Crippen molar-refractivity contribution in [2.45, 2.75) is 0 Å². The van der Waals surface area contributed by atoms with Gasteiger partial charge in [-0.1, -0.05) is 0 Å². The van der Waals surface area contributed by atoms with E-state index in [1.54, 1.807) is 18.3 Å². The summed E-state index contributed by atoms with van der Waals surface area (Å²) in [5, 5.41) is 0. The molecule has 0 saturated carbocycles. The first-order valence-electron chi connectivity index (χ1n) is 4.00. The van der Waals surface area contributed by atoms with Gasteiger partial charge in [0.2, 0.25) is 5.95 Å². The quantitative estimate of drug-likeness (QED) is 0.731. The van der Waals surface area contributed by atoms with Crippen LogP contribution in [0.2, 0.25) is 0 Å². The molecule has 8 heteroatoms. The molecule has 80 valence electrons. The molecular formula is C7H8N4O3S. The molecule has 0 atom stereocenters. The molecule has 0 saturated heterocycles. The highest BCUT2D eigenvalue weighted by atomic mass is 32.2. The number of hydrogen-bond donors (Lipinski definition) is 2. The van der Waals surface area contributed by atoms with E-state index < -0.39 is 10.1 Å². The van der Waals surface area contributed by atoms with Gasteiger partial charge in [0.15, 0.2) is 5.65 Å². The molecule has 2 N–H and O–H groups in total. The number of rotatable bonds is 3. The van der Waals surface area contributed by atoms with Crippen molar-refractivity contribution in [3.63, 3.8) is 0 Å². The molecule has 15 heavy (non-hydrogen) atoms. The fourth-order valence-electron chi connectivity index (χ4n) is 1.01. The van der Waals surface area contributed by atoms with Crippen LogP contribution in [0.3, 0.4) is 0 Å². The number of aromatic nitrogens is 3. The molecule has 0 radical (unpaired) electrons. The van der Waals surface area contributed by atoms with Crippen LogP contribution in [0.25, 0.3) is 11.2 Å². The van der Waals surface area contributed by atoms with E-state index in [0.29, 0.717) is 11.2 Å². The highest BCUT2D eigenvalue weighted by Gasteiger charge is 2.06. The number of anilines is 1. The van der Waals surface area contributed by atoms with E-state index in [2.05, 4.69) is 24.7 Å². The molecule has 0 amide bonds. The summed E-state index contributed by atoms with van der Waals surface area (Å²) in [6.45, 7) is 0. The molecule has 2 heterocycles. The molecule has 0 bridgehead atoms. The van der Waals surface area contributed by atoms with Crippen molar-refractivity contribution < 1.29 is 12.7 Å². The Morgan fingerprint density at radius 3 is 3.00 bits per heavy atom. The molecule has 0 aliphatic heterocycles. The molecular weight excluding hydrogens is 220 g/mol. The maximum Gasteiger partial charge on any atom is 0.285 e. The zero-order valence-corrected chi connectivity index (χ0v) is 8.58. The Labute approximate surface area is 85.6 Å². The predicted molar refractivity (Wildman–Crippen MR) is 53.4 cm³/mol. The molecule has 7 nitrogen and oxygen atoms in total. The minimum Gasteiger partial charge on any atom is -0.321 e. The van der Waals surface area contributed by atoms with Crippen molar-refractivity contribution in [1.82, 2.24) is 15.0 Å². The second kappa shape index (κ2) is 3.48. The van der Waals surface area contributed by atoms with E-state index in [1.165, 1.54) is 0 Å². The largest absolute Gasteiger partial charge is 0.321 e. The summed E-state index contributed by atoms with van der Waals surface area (Å²) in [6, 6.07) is 3.50. The van der Waals surface area contributed by atoms with Crippen LogP contribution in [0.4, 0.5) is 5.95 Å². The number of aromatic amines is 1. The van der Waals surface area contributed by atoms with Crippen LogP contribution in [0, 0.1) is 0 Å². The summed E-state index contributed by atoms with van der Waals surface area (Å²) < 4.78 is 25.7. The number of nitrogens with one attached hydrogen (secondary N) is 2. The molecule has 0 unspecified atom stereocenters. The molecule has 2 aromatic rings. The number of hydrogen-bond acceptors (Lipinski definition) is 6. The summed E-state index contributed by atoms with van der Waals surface area (Å²) >= 11 is 0. The summed E-state index contributed by atoms with van der Waals surface area (Å²) in [5.41, 5.74) is 3.35. The fraction of sp³-hybridized carbons (Fsp3) is 0.143. The van der Waals surface area contributed by atoms with Gasteiger partial charge in [0, 0.05) is 6.20 Å². The average Bonchev–Trinajstić information content (AvgIpc) is 2.56. The summed E-state index contributed by atoms with van der Waals surface area (Å²) in [5.74, 6) is 0.189. The summed E-state index contributed by atoms with van der Waals surface area (Å²) in [7, 11) is -3.55. The maximum absolute atomic E-state index is 10.7. The number of imidazole rings is 1. The maximum atomic E-state index is 10.7. The van der Waals surface area contributed by atoms with E-state index in [-0.39, 0.29) is 5.95 Å². The van der Waals surface area contributed by atoms with Crippen molar-refractivity contribution in [1.29, 1.82) is 0 Å². The molecule has 0 fully saturated rings. The van der Waals surface area contributed by atoms with Gasteiger partial charge in [0.25, 0.3) is 10.1 Å². The van der Waals surface area contributed by atoms with Crippen LogP contribution in [-0.2, 0) is 14.4 Å². The highest BCUT2D eigenvalue weighted by Crippen LogP contribution is 2.10. The van der Waals surface area contributed by atoms with Gasteiger partial charge < -0.3 is 4.98 Å². The predicted octanol–water partition coefficient (Wildman–Crippen LogP) is 0.261. The van der Waals surface area contributed by atoms with Crippen LogP contribution in [0.5, 0.6) is 0 Å². The summed E-state index contributed by atoms with van der Waals surface area (Å²) in [6.07, 6.45) is 2.52. The third kappa shape index (κ3) is 2.42. The van der Waals surface area contributed by atoms with E-state index in [0.717, 1.165) is 6.26 Å². The SMILES string of the molecule is CS(=O)(=O)ONc1nc2ncccc2[nH]1. The van der Waals surface area contributed by atoms with Gasteiger partial charge in [-0.3, -0.25) is 0 Å². The monoisotopic (exact) mass is 228 g/mol. The fourth-order valence-corrected chi connectivity index (χ4v) is 1.24. The lowest BCUT2D eigenvalue weighted by Gasteiger charge is -1.98. The van der Waals surface area contributed by atoms with E-state index in [4.69, 9.17) is 0 Å². The molecule has 2 rings (SSSR count). The molecule has 0 aromatic carbocycles. The van der Waals surface area contributed by atoms with Crippen molar-refractivity contribution in [3.05, 3.63) is 18.3 Å². The third-order valence-corrected chi connectivity index (χ3v) is 1.93. The van der Waals surface area contributed by atoms with E-state index in [9.17, 15) is 8.42 Å². The Hall–Kier alpha value is -1.67. The van der Waals surface area contributed by atoms with Gasteiger partial charge in [-0.25, -0.2) is 10.5 Å². The standard InChI is InChI=1S/C7H8N4O3S/c1-15(12,13)14-11-7-9-5-3-2-4-8-6(5)10-7/h2-4H,1H3,(H2,8,9,10,11). The van der Waals surface area contributed by atoms with Crippen LogP contribution in [0.1, 0.15) is 0 Å². The summed E-state index contributed by atoms with van der Waals surface area (Å²) in [4.78, 5) is 10.7. The minimum atomic E-state index is -3.55. The second-order valence-corrected chi connectivity index (χ2v) is 4.42. The van der Waals surface area contributed by atoms with E-state index >= 15 is 0 Å². The third-order valence-electron chi connectivity index (χ3n) is 1.55. The molecule has 0 aliphatic carbocycles. The van der Waals surface area contributed by atoms with Crippen LogP contribution in [0.15, 0.2) is 18.3 Å². The lowest BCUT2D eigenvalue weighted by atomic mass is 10.4. The number of pyridine rings is 1. The zero-order valence-electron chi connectivity index (χ0n) is 7.76. The number of H-pyrrole nitrogens is 1. The van der Waals surface area contributed by atoms with Gasteiger partial charge in [0.05, 0.1) is 11.8 Å². The van der Waals surface area contributed by atoms with Crippen molar-refractivity contribution in [3.8, 4) is 0 Å². The molecule has 2 aromatic heterocycles. The van der Waals surface area contributed by atoms with Gasteiger partial charge in [-0.2, -0.15) is 13.4 Å². The zero-order chi connectivity index (χ0) is 10.9. The lowest BCUT2D eigenvalue weighted by Crippen LogP contribution is -2.09. The van der Waals surface area contributed by atoms with Crippen LogP contribution < -0.4 is 5.48 Å². The first-order chi connectivity index (χ1) is 7.04. The highest BCUT2D eigenvalue weighted by molar-refractivity contribution is 7.86. The Balaban J connectivity index is 2.23. The average molecular weight is 228 g/mol. The van der Waals surface area contributed by atoms with Gasteiger partial charge in [0.1, 0.15) is 0 Å². The number of nitrogens with zero attached hydrogens (tertiary/aromatic N) is 2. The normalized spacial score (nSPS) is 11.8. The van der Waals surface area contributed by atoms with Gasteiger partial charge >= 0.3 is 0 Å². The Morgan fingerprint density at radius 2 is 2.33 bits per heavy atom. The van der Waals surface area contributed by atoms with Crippen molar-refractivity contribution in [2.24, 2.45) is 0 Å². The van der Waals surface area contributed by atoms with Crippen LogP contribution >= 0.6 is 0 Å². The Kier molecular flexibility index (Phi) is 2.29. The molecule has 0 aliphatic rings. The van der Waals surface area contributed by atoms with Gasteiger partial charge in [-0.15, -0.1) is 4.28 Å². The topological polar surface area (TPSA) is 97.0 Å². The first kappa shape index (κ1) is 9.87. The Morgan fingerprint density at radius 1 is 1.53 bits per heavy atom. The molecule has 0 spiro atoms.